The highest BCUT2D eigenvalue weighted by atomic mass is 16.6. The Morgan fingerprint density at radius 2 is 1.68 bits per heavy atom. The molecule has 2 heterocycles. The molecule has 3 aromatic rings. The zero-order valence-electron chi connectivity index (χ0n) is 20.6. The number of aromatic nitrogens is 1. The number of aryl methyl sites for hydroxylation is 1. The van der Waals surface area contributed by atoms with Crippen molar-refractivity contribution < 1.29 is 19.1 Å². The van der Waals surface area contributed by atoms with Gasteiger partial charge in [0.25, 0.3) is 5.91 Å². The number of esters is 1. The minimum atomic E-state index is -0.437. The minimum absolute atomic E-state index is 0.0273. The van der Waals surface area contributed by atoms with Crippen LogP contribution < -0.4 is 9.64 Å². The molecule has 0 atom stereocenters. The van der Waals surface area contributed by atoms with Gasteiger partial charge in [-0.3, -0.25) is 4.79 Å². The van der Waals surface area contributed by atoms with Crippen LogP contribution in [0.2, 0.25) is 0 Å². The van der Waals surface area contributed by atoms with Crippen molar-refractivity contribution in [2.75, 3.05) is 44.8 Å². The molecule has 0 saturated carbocycles. The van der Waals surface area contributed by atoms with Crippen LogP contribution in [0.1, 0.15) is 36.8 Å². The zero-order valence-corrected chi connectivity index (χ0v) is 20.6. The SMILES string of the molecule is COC(=O)COc1ccc2c(c1)cc(C(=O)N1CCN(c3ccccc3C(C)(C)C)CC1)n2C. The first-order chi connectivity index (χ1) is 16.2. The molecular formula is C27H33N3O4. The van der Waals surface area contributed by atoms with Crippen molar-refractivity contribution in [2.45, 2.75) is 26.2 Å². The predicted octanol–water partition coefficient (Wildman–Crippen LogP) is 3.99. The third kappa shape index (κ3) is 4.74. The summed E-state index contributed by atoms with van der Waals surface area (Å²) < 4.78 is 12.0. The van der Waals surface area contributed by atoms with Crippen LogP contribution in [0.15, 0.2) is 48.5 Å². The molecule has 34 heavy (non-hydrogen) atoms. The van der Waals surface area contributed by atoms with Crippen LogP contribution in [0.3, 0.4) is 0 Å². The molecule has 180 valence electrons. The molecule has 0 bridgehead atoms. The number of methoxy groups -OCH3 is 1. The van der Waals surface area contributed by atoms with E-state index >= 15 is 0 Å². The number of hydrogen-bond donors (Lipinski definition) is 0. The summed E-state index contributed by atoms with van der Waals surface area (Å²) in [5.74, 6) is 0.154. The molecule has 1 fully saturated rings. The molecule has 0 spiro atoms. The lowest BCUT2D eigenvalue weighted by molar-refractivity contribution is -0.142. The van der Waals surface area contributed by atoms with E-state index in [0.717, 1.165) is 24.0 Å². The Morgan fingerprint density at radius 3 is 2.35 bits per heavy atom. The summed E-state index contributed by atoms with van der Waals surface area (Å²) >= 11 is 0. The largest absolute Gasteiger partial charge is 0.482 e. The topological polar surface area (TPSA) is 64.0 Å². The first-order valence-corrected chi connectivity index (χ1v) is 11.6. The molecule has 1 aromatic heterocycles. The maximum Gasteiger partial charge on any atom is 0.343 e. The molecule has 0 unspecified atom stereocenters. The number of para-hydroxylation sites is 1. The second-order valence-corrected chi connectivity index (χ2v) is 9.72. The van der Waals surface area contributed by atoms with Crippen LogP contribution in [-0.2, 0) is 22.0 Å². The van der Waals surface area contributed by atoms with Gasteiger partial charge in [0, 0.05) is 49.8 Å². The van der Waals surface area contributed by atoms with E-state index < -0.39 is 5.97 Å². The first kappa shape index (κ1) is 23.7. The van der Waals surface area contributed by atoms with Gasteiger partial charge in [-0.2, -0.15) is 0 Å². The normalized spacial score (nSPS) is 14.4. The number of ether oxygens (including phenoxy) is 2. The van der Waals surface area contributed by atoms with Gasteiger partial charge in [0.2, 0.25) is 0 Å². The maximum absolute atomic E-state index is 13.4. The summed E-state index contributed by atoms with van der Waals surface area (Å²) in [6.07, 6.45) is 0. The van der Waals surface area contributed by atoms with E-state index in [-0.39, 0.29) is 17.9 Å². The smallest absolute Gasteiger partial charge is 0.343 e. The van der Waals surface area contributed by atoms with Crippen molar-refractivity contribution in [1.82, 2.24) is 9.47 Å². The van der Waals surface area contributed by atoms with Crippen LogP contribution in [0.4, 0.5) is 5.69 Å². The van der Waals surface area contributed by atoms with Crippen molar-refractivity contribution in [3.63, 3.8) is 0 Å². The van der Waals surface area contributed by atoms with E-state index in [0.29, 0.717) is 24.5 Å². The van der Waals surface area contributed by atoms with Crippen molar-refractivity contribution in [2.24, 2.45) is 7.05 Å². The fraction of sp³-hybridized carbons (Fsp3) is 0.407. The van der Waals surface area contributed by atoms with E-state index in [4.69, 9.17) is 4.74 Å². The van der Waals surface area contributed by atoms with Gasteiger partial charge in [0.05, 0.1) is 7.11 Å². The lowest BCUT2D eigenvalue weighted by atomic mass is 9.85. The Balaban J connectivity index is 1.48. The highest BCUT2D eigenvalue weighted by Crippen LogP contribution is 2.32. The Bertz CT molecular complexity index is 1200. The quantitative estimate of drug-likeness (QED) is 0.536. The van der Waals surface area contributed by atoms with Gasteiger partial charge in [0.1, 0.15) is 11.4 Å². The van der Waals surface area contributed by atoms with Gasteiger partial charge in [-0.15, -0.1) is 0 Å². The van der Waals surface area contributed by atoms with E-state index in [9.17, 15) is 9.59 Å². The average molecular weight is 464 g/mol. The van der Waals surface area contributed by atoms with Crippen molar-refractivity contribution in [3.05, 3.63) is 59.8 Å². The van der Waals surface area contributed by atoms with Gasteiger partial charge in [-0.1, -0.05) is 39.0 Å². The molecule has 2 aromatic carbocycles. The number of piperazine rings is 1. The summed E-state index contributed by atoms with van der Waals surface area (Å²) in [4.78, 5) is 29.1. The van der Waals surface area contributed by atoms with Crippen molar-refractivity contribution in [3.8, 4) is 5.75 Å². The summed E-state index contributed by atoms with van der Waals surface area (Å²) in [5.41, 5.74) is 4.22. The van der Waals surface area contributed by atoms with Crippen LogP contribution in [0.25, 0.3) is 10.9 Å². The monoisotopic (exact) mass is 463 g/mol. The van der Waals surface area contributed by atoms with E-state index in [1.165, 1.54) is 18.4 Å². The third-order valence-corrected chi connectivity index (χ3v) is 6.44. The number of nitrogens with zero attached hydrogens (tertiary/aromatic N) is 3. The Kier molecular flexibility index (Phi) is 6.55. The standard InChI is InChI=1S/C27H33N3O4/c1-27(2,3)21-8-6-7-9-23(21)29-12-14-30(15-13-29)26(32)24-17-19-16-20(34-18-25(31)33-5)10-11-22(19)28(24)4/h6-11,16-17H,12-15,18H2,1-5H3. The Labute approximate surface area is 200 Å². The summed E-state index contributed by atoms with van der Waals surface area (Å²) in [5, 5.41) is 0.894. The van der Waals surface area contributed by atoms with E-state index in [1.54, 1.807) is 6.07 Å². The average Bonchev–Trinajstić information content (AvgIpc) is 3.17. The lowest BCUT2D eigenvalue weighted by Crippen LogP contribution is -2.49. The highest BCUT2D eigenvalue weighted by Gasteiger charge is 2.27. The Hall–Kier alpha value is -3.48. The van der Waals surface area contributed by atoms with Gasteiger partial charge in [0.15, 0.2) is 6.61 Å². The van der Waals surface area contributed by atoms with Crippen molar-refractivity contribution >= 4 is 28.5 Å². The van der Waals surface area contributed by atoms with E-state index in [1.807, 2.05) is 34.7 Å². The third-order valence-electron chi connectivity index (χ3n) is 6.44. The van der Waals surface area contributed by atoms with Crippen LogP contribution in [-0.4, -0.2) is 61.2 Å². The molecule has 1 amide bonds. The molecule has 7 nitrogen and oxygen atoms in total. The fourth-order valence-electron chi connectivity index (χ4n) is 4.52. The van der Waals surface area contributed by atoms with Gasteiger partial charge in [-0.05, 0) is 41.3 Å². The van der Waals surface area contributed by atoms with Gasteiger partial charge < -0.3 is 23.8 Å². The van der Waals surface area contributed by atoms with Gasteiger partial charge >= 0.3 is 5.97 Å². The van der Waals surface area contributed by atoms with Crippen molar-refractivity contribution in [1.29, 1.82) is 0 Å². The van der Waals surface area contributed by atoms with Crippen LogP contribution in [0.5, 0.6) is 5.75 Å². The molecule has 0 radical (unpaired) electrons. The Morgan fingerprint density at radius 1 is 0.971 bits per heavy atom. The lowest BCUT2D eigenvalue weighted by Gasteiger charge is -2.38. The highest BCUT2D eigenvalue weighted by molar-refractivity contribution is 5.99. The second-order valence-electron chi connectivity index (χ2n) is 9.72. The van der Waals surface area contributed by atoms with Crippen LogP contribution >= 0.6 is 0 Å². The van der Waals surface area contributed by atoms with Crippen LogP contribution in [0, 0.1) is 0 Å². The molecule has 1 aliphatic heterocycles. The number of carbonyl (C=O) groups is 2. The number of hydrogen-bond acceptors (Lipinski definition) is 5. The number of benzene rings is 2. The molecule has 7 heteroatoms. The first-order valence-electron chi connectivity index (χ1n) is 11.6. The van der Waals surface area contributed by atoms with Gasteiger partial charge in [-0.25, -0.2) is 4.79 Å². The maximum atomic E-state index is 13.4. The predicted molar refractivity (Wildman–Crippen MR) is 134 cm³/mol. The molecular weight excluding hydrogens is 430 g/mol. The number of fused-ring (bicyclic) bond motifs is 1. The summed E-state index contributed by atoms with van der Waals surface area (Å²) in [7, 11) is 3.23. The molecule has 4 rings (SSSR count). The summed E-state index contributed by atoms with van der Waals surface area (Å²) in [6.45, 7) is 9.50. The zero-order chi connectivity index (χ0) is 24.5. The number of anilines is 1. The molecule has 0 aliphatic carbocycles. The molecule has 1 saturated heterocycles. The summed E-state index contributed by atoms with van der Waals surface area (Å²) in [6, 6.07) is 16.0. The second kappa shape index (κ2) is 9.41. The number of carbonyl (C=O) groups excluding carboxylic acids is 2. The molecule has 1 aliphatic rings. The fourth-order valence-corrected chi connectivity index (χ4v) is 4.52. The molecule has 0 N–H and O–H groups in total. The minimum Gasteiger partial charge on any atom is -0.482 e. The number of rotatable bonds is 5. The van der Waals surface area contributed by atoms with E-state index in [2.05, 4.69) is 54.7 Å². The number of amides is 1.